The Hall–Kier alpha value is -1.70. The molecule has 0 aliphatic heterocycles. The number of rotatable bonds is 10. The summed E-state index contributed by atoms with van der Waals surface area (Å²) in [5.74, 6) is 0.449. The van der Waals surface area contributed by atoms with Crippen molar-refractivity contribution in [1.82, 2.24) is 15.1 Å². The van der Waals surface area contributed by atoms with Crippen molar-refractivity contribution in [2.24, 2.45) is 0 Å². The first kappa shape index (κ1) is 20.6. The summed E-state index contributed by atoms with van der Waals surface area (Å²) in [4.78, 5) is 2.35. The smallest absolute Gasteiger partial charge is 0.201 e. The second-order valence-corrected chi connectivity index (χ2v) is 8.32. The maximum Gasteiger partial charge on any atom is 0.201 e. The zero-order valence-electron chi connectivity index (χ0n) is 15.2. The first-order valence-electron chi connectivity index (χ1n) is 8.71. The fraction of sp³-hybridized carbons (Fsp3) is 0.444. The SMILES string of the molecule is CCN(CC)CCCNc1ccc(S(=O)(=O)Cc2ccc(Cl)cc2)nn1. The van der Waals surface area contributed by atoms with Gasteiger partial charge in [-0.2, -0.15) is 0 Å². The topological polar surface area (TPSA) is 75.2 Å². The van der Waals surface area contributed by atoms with Gasteiger partial charge < -0.3 is 10.2 Å². The van der Waals surface area contributed by atoms with Gasteiger partial charge in [0.2, 0.25) is 9.84 Å². The molecule has 142 valence electrons. The Labute approximate surface area is 160 Å². The van der Waals surface area contributed by atoms with Crippen LogP contribution < -0.4 is 5.32 Å². The van der Waals surface area contributed by atoms with E-state index in [1.807, 2.05) is 0 Å². The van der Waals surface area contributed by atoms with Crippen molar-refractivity contribution in [3.05, 3.63) is 47.0 Å². The van der Waals surface area contributed by atoms with Crippen molar-refractivity contribution in [2.75, 3.05) is 31.5 Å². The van der Waals surface area contributed by atoms with Gasteiger partial charge in [-0.1, -0.05) is 37.6 Å². The molecule has 0 fully saturated rings. The van der Waals surface area contributed by atoms with Crippen LogP contribution in [0.5, 0.6) is 0 Å². The highest BCUT2D eigenvalue weighted by atomic mass is 35.5. The number of aromatic nitrogens is 2. The largest absolute Gasteiger partial charge is 0.369 e. The maximum atomic E-state index is 12.4. The molecule has 0 amide bonds. The minimum absolute atomic E-state index is 0.0267. The van der Waals surface area contributed by atoms with E-state index in [4.69, 9.17) is 11.6 Å². The maximum absolute atomic E-state index is 12.4. The minimum atomic E-state index is -3.54. The Balaban J connectivity index is 1.90. The van der Waals surface area contributed by atoms with Gasteiger partial charge in [0.05, 0.1) is 5.75 Å². The first-order valence-corrected chi connectivity index (χ1v) is 10.7. The number of nitrogens with one attached hydrogen (secondary N) is 1. The highest BCUT2D eigenvalue weighted by Gasteiger charge is 2.17. The second-order valence-electron chi connectivity index (χ2n) is 5.95. The first-order chi connectivity index (χ1) is 12.4. The van der Waals surface area contributed by atoms with E-state index in [1.165, 1.54) is 6.07 Å². The van der Waals surface area contributed by atoms with Crippen molar-refractivity contribution in [3.63, 3.8) is 0 Å². The third kappa shape index (κ3) is 6.23. The van der Waals surface area contributed by atoms with Crippen molar-refractivity contribution in [1.29, 1.82) is 0 Å². The van der Waals surface area contributed by atoms with E-state index >= 15 is 0 Å². The van der Waals surface area contributed by atoms with E-state index in [9.17, 15) is 8.42 Å². The molecule has 0 bridgehead atoms. The highest BCUT2D eigenvalue weighted by molar-refractivity contribution is 7.90. The summed E-state index contributed by atoms with van der Waals surface area (Å²) in [6, 6.07) is 9.87. The number of hydrogen-bond donors (Lipinski definition) is 1. The van der Waals surface area contributed by atoms with Crippen LogP contribution in [0.4, 0.5) is 5.82 Å². The van der Waals surface area contributed by atoms with E-state index < -0.39 is 9.84 Å². The molecule has 0 radical (unpaired) electrons. The number of nitrogens with zero attached hydrogens (tertiary/aromatic N) is 3. The van der Waals surface area contributed by atoms with Crippen LogP contribution in [0.25, 0.3) is 0 Å². The fourth-order valence-corrected chi connectivity index (χ4v) is 3.86. The molecule has 0 aliphatic rings. The van der Waals surface area contributed by atoms with Crippen molar-refractivity contribution < 1.29 is 8.42 Å². The summed E-state index contributed by atoms with van der Waals surface area (Å²) in [5, 5.41) is 11.6. The van der Waals surface area contributed by atoms with Gasteiger partial charge in [0.25, 0.3) is 0 Å². The van der Waals surface area contributed by atoms with Crippen LogP contribution in [0.15, 0.2) is 41.4 Å². The van der Waals surface area contributed by atoms with Crippen LogP contribution in [0.2, 0.25) is 5.02 Å². The molecule has 0 aliphatic carbocycles. The van der Waals surface area contributed by atoms with Crippen molar-refractivity contribution in [2.45, 2.75) is 31.0 Å². The van der Waals surface area contributed by atoms with Gasteiger partial charge in [0, 0.05) is 11.6 Å². The van der Waals surface area contributed by atoms with Gasteiger partial charge in [0.15, 0.2) is 5.03 Å². The Kier molecular flexibility index (Phi) is 7.81. The summed E-state index contributed by atoms with van der Waals surface area (Å²) in [6.45, 7) is 8.15. The van der Waals surface area contributed by atoms with Crippen LogP contribution in [-0.2, 0) is 15.6 Å². The van der Waals surface area contributed by atoms with Crippen molar-refractivity contribution in [3.8, 4) is 0 Å². The molecule has 0 spiro atoms. The molecule has 1 aromatic carbocycles. The summed E-state index contributed by atoms with van der Waals surface area (Å²) in [5.41, 5.74) is 0.662. The van der Waals surface area contributed by atoms with Crippen molar-refractivity contribution >= 4 is 27.3 Å². The lowest BCUT2D eigenvalue weighted by atomic mass is 10.2. The summed E-state index contributed by atoms with van der Waals surface area (Å²) < 4.78 is 24.9. The Morgan fingerprint density at radius 1 is 1.04 bits per heavy atom. The summed E-state index contributed by atoms with van der Waals surface area (Å²) in [6.07, 6.45) is 0.986. The molecule has 26 heavy (non-hydrogen) atoms. The molecule has 0 saturated carbocycles. The Morgan fingerprint density at radius 2 is 1.73 bits per heavy atom. The van der Waals surface area contributed by atoms with Crippen LogP contribution in [-0.4, -0.2) is 49.7 Å². The third-order valence-corrected chi connectivity index (χ3v) is 5.90. The van der Waals surface area contributed by atoms with Gasteiger partial charge in [-0.25, -0.2) is 8.42 Å². The number of halogens is 1. The predicted molar refractivity (Wildman–Crippen MR) is 105 cm³/mol. The molecular formula is C18H25ClN4O2S. The number of anilines is 1. The molecule has 8 heteroatoms. The number of hydrogen-bond acceptors (Lipinski definition) is 6. The molecule has 2 aromatic rings. The molecule has 2 rings (SSSR count). The quantitative estimate of drug-likeness (QED) is 0.621. The minimum Gasteiger partial charge on any atom is -0.369 e. The highest BCUT2D eigenvalue weighted by Crippen LogP contribution is 2.17. The molecule has 1 heterocycles. The molecule has 0 saturated heterocycles. The van der Waals surface area contributed by atoms with Crippen LogP contribution in [0, 0.1) is 0 Å². The van der Waals surface area contributed by atoms with E-state index in [-0.39, 0.29) is 10.8 Å². The molecule has 1 aromatic heterocycles. The fourth-order valence-electron chi connectivity index (χ4n) is 2.51. The lowest BCUT2D eigenvalue weighted by molar-refractivity contribution is 0.303. The Bertz CT molecular complexity index is 776. The molecule has 1 N–H and O–H groups in total. The lowest BCUT2D eigenvalue weighted by Crippen LogP contribution is -2.25. The van der Waals surface area contributed by atoms with Gasteiger partial charge in [-0.15, -0.1) is 10.2 Å². The molecule has 0 unspecified atom stereocenters. The molecule has 0 atom stereocenters. The van der Waals surface area contributed by atoms with E-state index in [2.05, 4.69) is 34.3 Å². The van der Waals surface area contributed by atoms with Gasteiger partial charge in [0.1, 0.15) is 5.82 Å². The van der Waals surface area contributed by atoms with Crippen LogP contribution in [0.1, 0.15) is 25.8 Å². The zero-order chi connectivity index (χ0) is 19.0. The average Bonchev–Trinajstić information content (AvgIpc) is 2.64. The van der Waals surface area contributed by atoms with E-state index in [0.29, 0.717) is 16.4 Å². The van der Waals surface area contributed by atoms with Crippen LogP contribution in [0.3, 0.4) is 0 Å². The summed E-state index contributed by atoms with van der Waals surface area (Å²) in [7, 11) is -3.54. The lowest BCUT2D eigenvalue weighted by Gasteiger charge is -2.17. The molecular weight excluding hydrogens is 372 g/mol. The standard InChI is InChI=1S/C18H25ClN4O2S/c1-3-23(4-2)13-5-12-20-17-10-11-18(22-21-17)26(24,25)14-15-6-8-16(19)9-7-15/h6-11H,3-5,12-14H2,1-2H3,(H,20,21). The van der Waals surface area contributed by atoms with E-state index in [1.54, 1.807) is 30.3 Å². The normalized spacial score (nSPS) is 11.7. The number of sulfone groups is 1. The molecule has 6 nitrogen and oxygen atoms in total. The summed E-state index contributed by atoms with van der Waals surface area (Å²) >= 11 is 5.82. The predicted octanol–water partition coefficient (Wildman–Crippen LogP) is 3.25. The number of benzene rings is 1. The van der Waals surface area contributed by atoms with E-state index in [0.717, 1.165) is 32.6 Å². The van der Waals surface area contributed by atoms with Gasteiger partial charge in [-0.05, 0) is 55.9 Å². The monoisotopic (exact) mass is 396 g/mol. The average molecular weight is 397 g/mol. The van der Waals surface area contributed by atoms with Crippen LogP contribution >= 0.6 is 11.6 Å². The Morgan fingerprint density at radius 3 is 2.31 bits per heavy atom. The van der Waals surface area contributed by atoms with Gasteiger partial charge >= 0.3 is 0 Å². The zero-order valence-corrected chi connectivity index (χ0v) is 16.7. The third-order valence-electron chi connectivity index (χ3n) is 4.08. The second kappa shape index (κ2) is 9.85. The van der Waals surface area contributed by atoms with Gasteiger partial charge in [-0.3, -0.25) is 0 Å².